The van der Waals surface area contributed by atoms with E-state index >= 15 is 0 Å². The number of nitrogens with zero attached hydrogens (tertiary/aromatic N) is 1. The molecule has 4 heteroatoms. The normalized spacial score (nSPS) is 25.2. The number of hydrogen-bond acceptors (Lipinski definition) is 4. The Morgan fingerprint density at radius 1 is 1.42 bits per heavy atom. The van der Waals surface area contributed by atoms with Gasteiger partial charge in [-0.2, -0.15) is 0 Å². The summed E-state index contributed by atoms with van der Waals surface area (Å²) in [6.07, 6.45) is 6.59. The van der Waals surface area contributed by atoms with Gasteiger partial charge in [0.15, 0.2) is 0 Å². The van der Waals surface area contributed by atoms with E-state index in [-0.39, 0.29) is 12.6 Å². The summed E-state index contributed by atoms with van der Waals surface area (Å²) < 4.78 is 0. The van der Waals surface area contributed by atoms with Crippen LogP contribution < -0.4 is 11.1 Å². The number of nitrogens with two attached hydrogens (primary N) is 1. The highest BCUT2D eigenvalue weighted by Gasteiger charge is 2.26. The van der Waals surface area contributed by atoms with E-state index in [2.05, 4.69) is 16.4 Å². The van der Waals surface area contributed by atoms with Crippen LogP contribution in [0, 0.1) is 12.8 Å². The van der Waals surface area contributed by atoms with Gasteiger partial charge in [-0.15, -0.1) is 0 Å². The Morgan fingerprint density at radius 2 is 2.21 bits per heavy atom. The first kappa shape index (κ1) is 14.4. The van der Waals surface area contributed by atoms with Crippen molar-refractivity contribution in [1.29, 1.82) is 0 Å². The van der Waals surface area contributed by atoms with E-state index in [0.29, 0.717) is 18.5 Å². The fraction of sp³-hybridized carbons (Fsp3) is 0.667. The third-order valence-electron chi connectivity index (χ3n) is 4.13. The smallest absolute Gasteiger partial charge is 0.0474 e. The second-order valence-electron chi connectivity index (χ2n) is 5.52. The van der Waals surface area contributed by atoms with Crippen LogP contribution in [0.4, 0.5) is 0 Å². The molecule has 1 heterocycles. The first-order chi connectivity index (χ1) is 9.24. The quantitative estimate of drug-likeness (QED) is 0.753. The van der Waals surface area contributed by atoms with Crippen molar-refractivity contribution < 1.29 is 5.11 Å². The van der Waals surface area contributed by atoms with Crippen molar-refractivity contribution in [3.8, 4) is 0 Å². The molecule has 0 aliphatic heterocycles. The highest BCUT2D eigenvalue weighted by atomic mass is 16.3. The zero-order valence-electron chi connectivity index (χ0n) is 11.7. The Kier molecular flexibility index (Phi) is 5.31. The number of aryl methyl sites for hydroxylation is 1. The number of aliphatic hydroxyl groups is 1. The fourth-order valence-electron chi connectivity index (χ4n) is 2.89. The molecule has 1 aliphatic rings. The topological polar surface area (TPSA) is 71.2 Å². The van der Waals surface area contributed by atoms with Gasteiger partial charge < -0.3 is 16.2 Å². The van der Waals surface area contributed by atoms with Crippen LogP contribution in [-0.2, 0) is 0 Å². The average molecular weight is 263 g/mol. The van der Waals surface area contributed by atoms with Crippen LogP contribution >= 0.6 is 0 Å². The van der Waals surface area contributed by atoms with Gasteiger partial charge in [0.25, 0.3) is 0 Å². The summed E-state index contributed by atoms with van der Waals surface area (Å²) >= 11 is 0. The highest BCUT2D eigenvalue weighted by molar-refractivity contribution is 5.18. The molecule has 1 fully saturated rings. The van der Waals surface area contributed by atoms with Crippen molar-refractivity contribution in [1.82, 2.24) is 10.3 Å². The van der Waals surface area contributed by atoms with Crippen molar-refractivity contribution in [2.24, 2.45) is 11.7 Å². The molecule has 0 spiro atoms. The van der Waals surface area contributed by atoms with Crippen LogP contribution in [0.5, 0.6) is 0 Å². The van der Waals surface area contributed by atoms with E-state index < -0.39 is 0 Å². The lowest BCUT2D eigenvalue weighted by Gasteiger charge is -2.34. The summed E-state index contributed by atoms with van der Waals surface area (Å²) in [5.74, 6) is 0.362. The molecule has 19 heavy (non-hydrogen) atoms. The molecule has 1 aliphatic carbocycles. The van der Waals surface area contributed by atoms with Crippen LogP contribution in [0.25, 0.3) is 0 Å². The molecule has 3 atom stereocenters. The highest BCUT2D eigenvalue weighted by Crippen LogP contribution is 2.26. The summed E-state index contributed by atoms with van der Waals surface area (Å²) in [5, 5.41) is 13.1. The first-order valence-corrected chi connectivity index (χ1v) is 7.24. The Balaban J connectivity index is 2.03. The molecule has 0 radical (unpaired) electrons. The van der Waals surface area contributed by atoms with Crippen LogP contribution in [0.1, 0.15) is 43.0 Å². The van der Waals surface area contributed by atoms with E-state index in [1.54, 1.807) is 0 Å². The van der Waals surface area contributed by atoms with Gasteiger partial charge in [0.1, 0.15) is 0 Å². The van der Waals surface area contributed by atoms with E-state index in [0.717, 1.165) is 24.1 Å². The maximum atomic E-state index is 9.47. The molecule has 2 rings (SSSR count). The molecule has 106 valence electrons. The second kappa shape index (κ2) is 6.98. The molecule has 1 saturated carbocycles. The minimum Gasteiger partial charge on any atom is -0.396 e. The van der Waals surface area contributed by atoms with Crippen LogP contribution in [-0.4, -0.2) is 29.3 Å². The van der Waals surface area contributed by atoms with E-state index in [9.17, 15) is 5.11 Å². The zero-order valence-corrected chi connectivity index (χ0v) is 11.7. The Hall–Kier alpha value is -0.970. The summed E-state index contributed by atoms with van der Waals surface area (Å²) in [7, 11) is 0. The molecule has 4 nitrogen and oxygen atoms in total. The van der Waals surface area contributed by atoms with Gasteiger partial charge in [-0.1, -0.05) is 18.9 Å². The van der Waals surface area contributed by atoms with Crippen molar-refractivity contribution >= 4 is 0 Å². The Morgan fingerprint density at radius 3 is 2.84 bits per heavy atom. The molecule has 0 bridgehead atoms. The average Bonchev–Trinajstić information content (AvgIpc) is 2.46. The lowest BCUT2D eigenvalue weighted by atomic mass is 9.84. The molecule has 1 aromatic rings. The van der Waals surface area contributed by atoms with Crippen LogP contribution in [0.3, 0.4) is 0 Å². The standard InChI is InChI=1S/C15H25N3O/c1-11-6-7-12(9-17-11)15(8-16)18-14-5-3-2-4-13(14)10-19/h6-7,9,13-15,18-19H,2-5,8,10,16H2,1H3. The predicted molar refractivity (Wildman–Crippen MR) is 76.7 cm³/mol. The minimum atomic E-state index is 0.130. The molecule has 0 amide bonds. The van der Waals surface area contributed by atoms with E-state index in [1.807, 2.05) is 19.2 Å². The molecule has 4 N–H and O–H groups in total. The largest absolute Gasteiger partial charge is 0.396 e. The van der Waals surface area contributed by atoms with Gasteiger partial charge in [0.05, 0.1) is 0 Å². The zero-order chi connectivity index (χ0) is 13.7. The Labute approximate surface area is 115 Å². The summed E-state index contributed by atoms with van der Waals surface area (Å²) in [4.78, 5) is 4.34. The van der Waals surface area contributed by atoms with Crippen molar-refractivity contribution in [2.45, 2.75) is 44.7 Å². The molecule has 0 saturated heterocycles. The number of hydrogen-bond donors (Lipinski definition) is 3. The third kappa shape index (κ3) is 3.75. The van der Waals surface area contributed by atoms with E-state index in [1.165, 1.54) is 12.8 Å². The molecule has 0 aromatic carbocycles. The van der Waals surface area contributed by atoms with E-state index in [4.69, 9.17) is 5.73 Å². The third-order valence-corrected chi connectivity index (χ3v) is 4.13. The van der Waals surface area contributed by atoms with Crippen LogP contribution in [0.15, 0.2) is 18.3 Å². The predicted octanol–water partition coefficient (Wildman–Crippen LogP) is 1.53. The number of pyridine rings is 1. The molecular formula is C15H25N3O. The monoisotopic (exact) mass is 263 g/mol. The maximum absolute atomic E-state index is 9.47. The summed E-state index contributed by atoms with van der Waals surface area (Å²) in [6.45, 7) is 2.80. The van der Waals surface area contributed by atoms with Crippen LogP contribution in [0.2, 0.25) is 0 Å². The molecule has 1 aromatic heterocycles. The van der Waals surface area contributed by atoms with Gasteiger partial charge >= 0.3 is 0 Å². The Bertz CT molecular complexity index is 379. The lowest BCUT2D eigenvalue weighted by Crippen LogP contribution is -2.44. The van der Waals surface area contributed by atoms with Crippen molar-refractivity contribution in [2.75, 3.05) is 13.2 Å². The van der Waals surface area contributed by atoms with Gasteiger partial charge in [0, 0.05) is 37.1 Å². The van der Waals surface area contributed by atoms with Crippen molar-refractivity contribution in [3.63, 3.8) is 0 Å². The number of nitrogens with one attached hydrogen (secondary N) is 1. The number of rotatable bonds is 5. The molecular weight excluding hydrogens is 238 g/mol. The summed E-state index contributed by atoms with van der Waals surface area (Å²) in [6, 6.07) is 4.60. The van der Waals surface area contributed by atoms with Gasteiger partial charge in [-0.05, 0) is 37.3 Å². The first-order valence-electron chi connectivity index (χ1n) is 7.24. The van der Waals surface area contributed by atoms with Gasteiger partial charge in [-0.25, -0.2) is 0 Å². The second-order valence-corrected chi connectivity index (χ2v) is 5.52. The maximum Gasteiger partial charge on any atom is 0.0474 e. The fourth-order valence-corrected chi connectivity index (χ4v) is 2.89. The SMILES string of the molecule is Cc1ccc(C(CN)NC2CCCCC2CO)cn1. The van der Waals surface area contributed by atoms with Gasteiger partial charge in [0.2, 0.25) is 0 Å². The molecule has 3 unspecified atom stereocenters. The summed E-state index contributed by atoms with van der Waals surface area (Å²) in [5.41, 5.74) is 8.05. The van der Waals surface area contributed by atoms with Crippen molar-refractivity contribution in [3.05, 3.63) is 29.6 Å². The minimum absolute atomic E-state index is 0.130. The lowest BCUT2D eigenvalue weighted by molar-refractivity contribution is 0.146. The number of aromatic nitrogens is 1. The van der Waals surface area contributed by atoms with Gasteiger partial charge in [-0.3, -0.25) is 4.98 Å². The number of aliphatic hydroxyl groups excluding tert-OH is 1.